The van der Waals surface area contributed by atoms with E-state index < -0.39 is 16.6 Å². The molecule has 1 heterocycles. The van der Waals surface area contributed by atoms with Gasteiger partial charge in [-0.05, 0) is 77.6 Å². The first-order valence-electron chi connectivity index (χ1n) is 12.2. The Morgan fingerprint density at radius 3 is 2.13 bits per heavy atom. The quantitative estimate of drug-likeness (QED) is 0.127. The molecule has 0 aromatic carbocycles. The molecule has 0 N–H and O–H groups in total. The summed E-state index contributed by atoms with van der Waals surface area (Å²) >= 11 is 0. The maximum absolute atomic E-state index is 12.7. The number of unbranched alkanes of at least 4 members (excludes halogenated alkanes) is 2. The van der Waals surface area contributed by atoms with Gasteiger partial charge in [0.05, 0.1) is 12.7 Å². The monoisotopic (exact) mass is 469 g/mol. The first kappa shape index (κ1) is 28.0. The topological polar surface area (TPSA) is 48.0 Å². The summed E-state index contributed by atoms with van der Waals surface area (Å²) in [6.07, 6.45) is 7.74. The molecule has 0 saturated carbocycles. The van der Waals surface area contributed by atoms with Crippen molar-refractivity contribution in [2.75, 3.05) is 19.7 Å². The largest absolute Gasteiger partial charge is 0.514 e. The maximum Gasteiger partial charge on any atom is 0.313 e. The molecule has 7 heteroatoms. The van der Waals surface area contributed by atoms with Crippen LogP contribution in [0, 0.1) is 0 Å². The third kappa shape index (κ3) is 12.6. The molecule has 1 rings (SSSR count). The van der Waals surface area contributed by atoms with Gasteiger partial charge in [0.25, 0.3) is 0 Å². The third-order valence-corrected chi connectivity index (χ3v) is 6.75. The minimum absolute atomic E-state index is 0.0368. The summed E-state index contributed by atoms with van der Waals surface area (Å²) in [5.74, 6) is 0.700. The van der Waals surface area contributed by atoms with Crippen LogP contribution in [0.5, 0.6) is 0 Å². The number of amides is 1. The molecule has 0 aromatic heterocycles. The lowest BCUT2D eigenvalue weighted by atomic mass is 9.99. The number of rotatable bonds is 14. The lowest BCUT2D eigenvalue weighted by Crippen LogP contribution is -2.34. The van der Waals surface area contributed by atoms with Gasteiger partial charge < -0.3 is 18.5 Å². The molecule has 1 fully saturated rings. The van der Waals surface area contributed by atoms with Crippen LogP contribution < -0.4 is 0 Å². The fourth-order valence-electron chi connectivity index (χ4n) is 3.61. The lowest BCUT2D eigenvalue weighted by Gasteiger charge is -2.28. The maximum atomic E-state index is 12.7. The summed E-state index contributed by atoms with van der Waals surface area (Å²) in [6, 6.07) is 0. The molecule has 0 aliphatic carbocycles. The average Bonchev–Trinajstić information content (AvgIpc) is 3.17. The van der Waals surface area contributed by atoms with Crippen molar-refractivity contribution in [1.29, 1.82) is 0 Å². The van der Waals surface area contributed by atoms with Crippen LogP contribution in [0.4, 0.5) is 0 Å². The van der Waals surface area contributed by atoms with Crippen LogP contribution in [-0.2, 0) is 18.4 Å². The Morgan fingerprint density at radius 1 is 0.968 bits per heavy atom. The van der Waals surface area contributed by atoms with Gasteiger partial charge in [-0.1, -0.05) is 26.2 Å². The second-order valence-electron chi connectivity index (χ2n) is 10.4. The fraction of sp³-hybridized carbons (Fsp3) is 0.833. The predicted octanol–water partition coefficient (Wildman–Crippen LogP) is 6.44. The number of hydrogen-bond donors (Lipinski definition) is 0. The van der Waals surface area contributed by atoms with Crippen LogP contribution in [-0.4, -0.2) is 53.2 Å². The average molecular weight is 470 g/mol. The summed E-state index contributed by atoms with van der Waals surface area (Å²) in [7, 11) is -3.63. The summed E-state index contributed by atoms with van der Waals surface area (Å²) in [5, 5.41) is 0. The van der Waals surface area contributed by atoms with E-state index in [0.29, 0.717) is 25.4 Å². The first-order valence-corrected chi connectivity index (χ1v) is 19.0. The fourth-order valence-corrected chi connectivity index (χ4v) is 5.39. The van der Waals surface area contributed by atoms with Gasteiger partial charge in [0.15, 0.2) is 8.32 Å². The van der Waals surface area contributed by atoms with Gasteiger partial charge in [-0.15, -0.1) is 0 Å². The Bertz CT molecular complexity index is 610. The van der Waals surface area contributed by atoms with Crippen LogP contribution in [0.1, 0.15) is 65.2 Å². The molecular formula is C24H47NO4Si2. The molecule has 180 valence electrons. The van der Waals surface area contributed by atoms with Crippen LogP contribution in [0.25, 0.3) is 0 Å². The molecule has 1 aliphatic rings. The zero-order chi connectivity index (χ0) is 23.5. The summed E-state index contributed by atoms with van der Waals surface area (Å²) in [4.78, 5) is 14.7. The molecule has 0 bridgehead atoms. The number of carbonyl (C=O) groups is 1. The Hall–Kier alpha value is -1.02. The van der Waals surface area contributed by atoms with Gasteiger partial charge in [0.2, 0.25) is 14.2 Å². The van der Waals surface area contributed by atoms with E-state index in [2.05, 4.69) is 51.9 Å². The van der Waals surface area contributed by atoms with E-state index in [1.54, 1.807) is 0 Å². The van der Waals surface area contributed by atoms with E-state index in [0.717, 1.165) is 44.3 Å². The third-order valence-electron chi connectivity index (χ3n) is 4.96. The van der Waals surface area contributed by atoms with Gasteiger partial charge in [-0.2, -0.15) is 0 Å². The second kappa shape index (κ2) is 13.5. The highest BCUT2D eigenvalue weighted by Gasteiger charge is 2.26. The number of hydrogen-bond acceptors (Lipinski definition) is 4. The van der Waals surface area contributed by atoms with Crippen molar-refractivity contribution >= 4 is 22.5 Å². The Labute approximate surface area is 193 Å². The van der Waals surface area contributed by atoms with Gasteiger partial charge in [-0.25, -0.2) is 0 Å². The lowest BCUT2D eigenvalue weighted by molar-refractivity contribution is -0.130. The molecule has 0 aromatic rings. The summed E-state index contributed by atoms with van der Waals surface area (Å²) < 4.78 is 18.6. The molecule has 1 unspecified atom stereocenters. The van der Waals surface area contributed by atoms with Crippen LogP contribution in [0.3, 0.4) is 0 Å². The smallest absolute Gasteiger partial charge is 0.313 e. The highest BCUT2D eigenvalue weighted by atomic mass is 28.4. The Balaban J connectivity index is 3.23. The van der Waals surface area contributed by atoms with Gasteiger partial charge >= 0.3 is 5.95 Å². The van der Waals surface area contributed by atoms with Crippen molar-refractivity contribution in [2.24, 2.45) is 0 Å². The molecule has 0 radical (unpaired) electrons. The normalized spacial score (nSPS) is 15.4. The van der Waals surface area contributed by atoms with Crippen molar-refractivity contribution in [1.82, 2.24) is 4.90 Å². The van der Waals surface area contributed by atoms with Gasteiger partial charge in [0.1, 0.15) is 0 Å². The van der Waals surface area contributed by atoms with Crippen molar-refractivity contribution in [2.45, 2.75) is 111 Å². The van der Waals surface area contributed by atoms with E-state index in [1.807, 2.05) is 11.8 Å². The number of nitrogens with zero attached hydrogens (tertiary/aromatic N) is 1. The molecule has 1 saturated heterocycles. The standard InChI is InChI=1S/C24H47NO4Si2/c1-9-11-12-15-22(28-30(3,4)5)21(16-17-23(26)25-18-13-14-19-25)20-24(27-10-2)29-31(6,7)8/h22H,9-19H2,1-8H3. The van der Waals surface area contributed by atoms with Crippen molar-refractivity contribution in [3.05, 3.63) is 17.2 Å². The van der Waals surface area contributed by atoms with Crippen LogP contribution >= 0.6 is 0 Å². The van der Waals surface area contributed by atoms with E-state index in [1.165, 1.54) is 12.8 Å². The summed E-state index contributed by atoms with van der Waals surface area (Å²) in [6.45, 7) is 19.6. The molecule has 1 aliphatic heterocycles. The predicted molar refractivity (Wildman–Crippen MR) is 134 cm³/mol. The molecule has 31 heavy (non-hydrogen) atoms. The molecular weight excluding hydrogens is 422 g/mol. The SMILES string of the molecule is CCCCCC(O[Si](C)(C)C)C(=C=C(OCC)O[Si](C)(C)C)CCC(=O)N1CCCC1. The van der Waals surface area contributed by atoms with Gasteiger partial charge in [0, 0.05) is 25.1 Å². The van der Waals surface area contributed by atoms with Crippen LogP contribution in [0.15, 0.2) is 17.2 Å². The van der Waals surface area contributed by atoms with Crippen molar-refractivity contribution in [3.63, 3.8) is 0 Å². The number of carbonyl (C=O) groups excluding carboxylic acids is 1. The zero-order valence-electron chi connectivity index (χ0n) is 21.4. The second-order valence-corrected chi connectivity index (χ2v) is 19.3. The minimum atomic E-state index is -1.85. The zero-order valence-corrected chi connectivity index (χ0v) is 23.4. The molecule has 1 amide bonds. The first-order chi connectivity index (χ1) is 14.4. The van der Waals surface area contributed by atoms with E-state index >= 15 is 0 Å². The van der Waals surface area contributed by atoms with Crippen molar-refractivity contribution in [3.8, 4) is 0 Å². The highest BCUT2D eigenvalue weighted by molar-refractivity contribution is 6.70. The van der Waals surface area contributed by atoms with E-state index in [4.69, 9.17) is 13.6 Å². The van der Waals surface area contributed by atoms with Crippen molar-refractivity contribution < 1.29 is 18.4 Å². The minimum Gasteiger partial charge on any atom is -0.514 e. The molecule has 1 atom stereocenters. The van der Waals surface area contributed by atoms with E-state index in [9.17, 15) is 4.79 Å². The molecule has 5 nitrogen and oxygen atoms in total. The molecule has 0 spiro atoms. The van der Waals surface area contributed by atoms with Crippen LogP contribution in [0.2, 0.25) is 39.3 Å². The van der Waals surface area contributed by atoms with Gasteiger partial charge in [-0.3, -0.25) is 4.79 Å². The Morgan fingerprint density at radius 2 is 1.61 bits per heavy atom. The number of likely N-dealkylation sites (tertiary alicyclic amines) is 1. The number of ether oxygens (including phenoxy) is 1. The Kier molecular flexibility index (Phi) is 12.2. The summed E-state index contributed by atoms with van der Waals surface area (Å²) in [5.41, 5.74) is 4.48. The van der Waals surface area contributed by atoms with E-state index in [-0.39, 0.29) is 12.0 Å². The highest BCUT2D eigenvalue weighted by Crippen LogP contribution is 2.25.